The molecule has 0 aliphatic rings. The Hall–Kier alpha value is -1.24. The van der Waals surface area contributed by atoms with Crippen LogP contribution in [0.4, 0.5) is 0 Å². The van der Waals surface area contributed by atoms with Crippen LogP contribution in [0.3, 0.4) is 0 Å². The van der Waals surface area contributed by atoms with E-state index in [1.807, 2.05) is 6.07 Å². The van der Waals surface area contributed by atoms with Crippen LogP contribution in [0.1, 0.15) is 28.4 Å². The van der Waals surface area contributed by atoms with Crippen LogP contribution in [0, 0.1) is 11.3 Å². The fourth-order valence-corrected chi connectivity index (χ4v) is 1.66. The predicted octanol–water partition coefficient (Wildman–Crippen LogP) is 3.13. The topological polar surface area (TPSA) is 50.1 Å². The molecule has 0 radical (unpaired) electrons. The first-order valence-electron chi connectivity index (χ1n) is 4.59. The molecule has 0 saturated carbocycles. The maximum Gasteiger partial charge on any atom is 0.338 e. The lowest BCUT2D eigenvalue weighted by atomic mass is 10.1. The van der Waals surface area contributed by atoms with Crippen molar-refractivity contribution >= 4 is 29.2 Å². The number of nitriles is 1. The minimum absolute atomic E-state index is 0.138. The van der Waals surface area contributed by atoms with E-state index in [1.165, 1.54) is 12.1 Å². The molecule has 0 atom stereocenters. The molecule has 0 unspecified atom stereocenters. The van der Waals surface area contributed by atoms with Gasteiger partial charge < -0.3 is 4.74 Å². The zero-order valence-electron chi connectivity index (χ0n) is 8.59. The van der Waals surface area contributed by atoms with Crippen molar-refractivity contribution in [3.63, 3.8) is 0 Å². The van der Waals surface area contributed by atoms with Gasteiger partial charge in [0.1, 0.15) is 6.07 Å². The van der Waals surface area contributed by atoms with E-state index in [0.717, 1.165) is 0 Å². The molecule has 0 fully saturated rings. The highest BCUT2D eigenvalue weighted by molar-refractivity contribution is 6.32. The third kappa shape index (κ3) is 2.66. The highest BCUT2D eigenvalue weighted by Crippen LogP contribution is 2.23. The molecule has 0 heterocycles. The predicted molar refractivity (Wildman–Crippen MR) is 61.7 cm³/mol. The van der Waals surface area contributed by atoms with Gasteiger partial charge in [0, 0.05) is 5.88 Å². The molecular formula is C11H9Cl2NO2. The van der Waals surface area contributed by atoms with Crippen LogP contribution in [0.15, 0.2) is 12.1 Å². The molecule has 5 heteroatoms. The standard InChI is InChI=1S/C11H9Cl2NO2/c1-2-16-11(15)9-3-8(6-14)10(13)4-7(9)5-12/h3-4H,2,5H2,1H3. The summed E-state index contributed by atoms with van der Waals surface area (Å²) in [7, 11) is 0. The summed E-state index contributed by atoms with van der Waals surface area (Å²) < 4.78 is 4.86. The summed E-state index contributed by atoms with van der Waals surface area (Å²) in [6.07, 6.45) is 0. The van der Waals surface area contributed by atoms with Crippen molar-refractivity contribution in [2.24, 2.45) is 0 Å². The second-order valence-corrected chi connectivity index (χ2v) is 3.63. The number of esters is 1. The number of carbonyl (C=O) groups is 1. The van der Waals surface area contributed by atoms with Crippen LogP contribution < -0.4 is 0 Å². The first-order valence-corrected chi connectivity index (χ1v) is 5.50. The van der Waals surface area contributed by atoms with Crippen molar-refractivity contribution in [1.82, 2.24) is 0 Å². The molecule has 0 N–H and O–H groups in total. The Labute approximate surface area is 104 Å². The van der Waals surface area contributed by atoms with Crippen molar-refractivity contribution in [1.29, 1.82) is 5.26 Å². The molecule has 1 aromatic carbocycles. The second kappa shape index (κ2) is 5.74. The molecular weight excluding hydrogens is 249 g/mol. The Bertz CT molecular complexity index is 452. The fraction of sp³-hybridized carbons (Fsp3) is 0.273. The Morgan fingerprint density at radius 1 is 1.56 bits per heavy atom. The van der Waals surface area contributed by atoms with Gasteiger partial charge in [0.2, 0.25) is 0 Å². The fourth-order valence-electron chi connectivity index (χ4n) is 1.21. The highest BCUT2D eigenvalue weighted by Gasteiger charge is 2.15. The smallest absolute Gasteiger partial charge is 0.338 e. The van der Waals surface area contributed by atoms with Gasteiger partial charge in [-0.15, -0.1) is 11.6 Å². The number of benzene rings is 1. The number of alkyl halides is 1. The lowest BCUT2D eigenvalue weighted by Gasteiger charge is -2.08. The van der Waals surface area contributed by atoms with E-state index in [-0.39, 0.29) is 28.6 Å². The van der Waals surface area contributed by atoms with E-state index >= 15 is 0 Å². The number of rotatable bonds is 3. The summed E-state index contributed by atoms with van der Waals surface area (Å²) >= 11 is 11.5. The Morgan fingerprint density at radius 3 is 2.75 bits per heavy atom. The molecule has 0 aliphatic carbocycles. The Kier molecular flexibility index (Phi) is 4.60. The van der Waals surface area contributed by atoms with E-state index in [1.54, 1.807) is 6.92 Å². The molecule has 0 aliphatic heterocycles. The quantitative estimate of drug-likeness (QED) is 0.618. The van der Waals surface area contributed by atoms with Crippen LogP contribution in [0.2, 0.25) is 5.02 Å². The van der Waals surface area contributed by atoms with Crippen molar-refractivity contribution in [3.05, 3.63) is 33.8 Å². The summed E-state index contributed by atoms with van der Waals surface area (Å²) in [4.78, 5) is 11.6. The third-order valence-electron chi connectivity index (χ3n) is 1.95. The van der Waals surface area contributed by atoms with E-state index < -0.39 is 5.97 Å². The SMILES string of the molecule is CCOC(=O)c1cc(C#N)c(Cl)cc1CCl. The van der Waals surface area contributed by atoms with Gasteiger partial charge >= 0.3 is 5.97 Å². The number of carbonyl (C=O) groups excluding carboxylic acids is 1. The molecule has 84 valence electrons. The van der Waals surface area contributed by atoms with Gasteiger partial charge in [-0.3, -0.25) is 0 Å². The van der Waals surface area contributed by atoms with Crippen LogP contribution in [0.25, 0.3) is 0 Å². The van der Waals surface area contributed by atoms with Crippen LogP contribution in [-0.4, -0.2) is 12.6 Å². The summed E-state index contributed by atoms with van der Waals surface area (Å²) in [6.45, 7) is 1.98. The summed E-state index contributed by atoms with van der Waals surface area (Å²) in [5, 5.41) is 9.08. The van der Waals surface area contributed by atoms with Gasteiger partial charge in [-0.2, -0.15) is 5.26 Å². The number of hydrogen-bond acceptors (Lipinski definition) is 3. The molecule has 0 aromatic heterocycles. The van der Waals surface area contributed by atoms with E-state index in [0.29, 0.717) is 5.56 Å². The van der Waals surface area contributed by atoms with Gasteiger partial charge in [-0.25, -0.2) is 4.79 Å². The van der Waals surface area contributed by atoms with E-state index in [4.69, 9.17) is 33.2 Å². The molecule has 1 rings (SSSR count). The lowest BCUT2D eigenvalue weighted by Crippen LogP contribution is -2.08. The van der Waals surface area contributed by atoms with Crippen molar-refractivity contribution in [2.45, 2.75) is 12.8 Å². The van der Waals surface area contributed by atoms with Crippen molar-refractivity contribution in [2.75, 3.05) is 6.61 Å². The van der Waals surface area contributed by atoms with Gasteiger partial charge in [0.05, 0.1) is 22.8 Å². The minimum Gasteiger partial charge on any atom is -0.462 e. The van der Waals surface area contributed by atoms with Crippen LogP contribution in [0.5, 0.6) is 0 Å². The lowest BCUT2D eigenvalue weighted by molar-refractivity contribution is 0.0525. The minimum atomic E-state index is -0.494. The maximum atomic E-state index is 11.6. The first-order chi connectivity index (χ1) is 7.63. The molecule has 1 aromatic rings. The highest BCUT2D eigenvalue weighted by atomic mass is 35.5. The molecule has 0 saturated heterocycles. The maximum absolute atomic E-state index is 11.6. The third-order valence-corrected chi connectivity index (χ3v) is 2.55. The Balaban J connectivity index is 3.26. The summed E-state index contributed by atoms with van der Waals surface area (Å²) in [5.74, 6) is -0.356. The second-order valence-electron chi connectivity index (χ2n) is 2.96. The summed E-state index contributed by atoms with van der Waals surface area (Å²) in [5.41, 5.74) is 1.08. The van der Waals surface area contributed by atoms with Gasteiger partial charge in [0.15, 0.2) is 0 Å². The molecule has 0 amide bonds. The molecule has 0 spiro atoms. The molecule has 3 nitrogen and oxygen atoms in total. The average molecular weight is 258 g/mol. The number of halogens is 2. The van der Waals surface area contributed by atoms with Crippen molar-refractivity contribution in [3.8, 4) is 6.07 Å². The molecule has 0 bridgehead atoms. The van der Waals surface area contributed by atoms with Gasteiger partial charge in [-0.1, -0.05) is 11.6 Å². The zero-order valence-corrected chi connectivity index (χ0v) is 10.1. The van der Waals surface area contributed by atoms with Gasteiger partial charge in [0.25, 0.3) is 0 Å². The normalized spacial score (nSPS) is 9.62. The number of ether oxygens (including phenoxy) is 1. The monoisotopic (exact) mass is 257 g/mol. The van der Waals surface area contributed by atoms with Crippen LogP contribution in [-0.2, 0) is 10.6 Å². The van der Waals surface area contributed by atoms with Gasteiger partial charge in [-0.05, 0) is 24.6 Å². The molecule has 16 heavy (non-hydrogen) atoms. The average Bonchev–Trinajstić information content (AvgIpc) is 2.28. The summed E-state index contributed by atoms with van der Waals surface area (Å²) in [6, 6.07) is 4.82. The first kappa shape index (κ1) is 12.8. The number of nitrogens with zero attached hydrogens (tertiary/aromatic N) is 1. The van der Waals surface area contributed by atoms with Crippen LogP contribution >= 0.6 is 23.2 Å². The Morgan fingerprint density at radius 2 is 2.25 bits per heavy atom. The van der Waals surface area contributed by atoms with E-state index in [9.17, 15) is 4.79 Å². The largest absolute Gasteiger partial charge is 0.462 e. The van der Waals surface area contributed by atoms with Crippen molar-refractivity contribution < 1.29 is 9.53 Å². The van der Waals surface area contributed by atoms with E-state index in [2.05, 4.69) is 0 Å². The zero-order chi connectivity index (χ0) is 12.1. The number of hydrogen-bond donors (Lipinski definition) is 0.